The quantitative estimate of drug-likeness (QED) is 0.508. The summed E-state index contributed by atoms with van der Waals surface area (Å²) in [6, 6.07) is 16.4. The lowest BCUT2D eigenvalue weighted by atomic mass is 9.92. The van der Waals surface area contributed by atoms with Crippen LogP contribution in [0.4, 0.5) is 0 Å². The van der Waals surface area contributed by atoms with Crippen LogP contribution in [0.3, 0.4) is 0 Å². The molecule has 5 rings (SSSR count). The van der Waals surface area contributed by atoms with Crippen LogP contribution in [0.2, 0.25) is 0 Å². The molecule has 3 heterocycles. The summed E-state index contributed by atoms with van der Waals surface area (Å²) in [5, 5.41) is 6.01. The van der Waals surface area contributed by atoms with E-state index in [0.29, 0.717) is 6.42 Å². The van der Waals surface area contributed by atoms with Gasteiger partial charge in [-0.3, -0.25) is 10.1 Å². The zero-order valence-corrected chi connectivity index (χ0v) is 16.0. The second-order valence-corrected chi connectivity index (χ2v) is 8.11. The van der Waals surface area contributed by atoms with E-state index in [1.165, 1.54) is 38.6 Å². The molecule has 0 unspecified atom stereocenters. The van der Waals surface area contributed by atoms with E-state index >= 15 is 0 Å². The predicted octanol–water partition coefficient (Wildman–Crippen LogP) is 4.47. The minimum Gasteiger partial charge on any atom is -0.468 e. The van der Waals surface area contributed by atoms with E-state index in [9.17, 15) is 4.79 Å². The normalized spacial score (nSPS) is 19.3. The molecule has 2 aromatic heterocycles. The van der Waals surface area contributed by atoms with E-state index in [0.717, 1.165) is 11.2 Å². The number of hydrogen-bond acceptors (Lipinski definition) is 4. The van der Waals surface area contributed by atoms with Gasteiger partial charge in [-0.1, -0.05) is 36.4 Å². The zero-order chi connectivity index (χ0) is 18.5. The number of methoxy groups -OCH3 is 1. The lowest BCUT2D eigenvalue weighted by Crippen LogP contribution is -2.45. The fraction of sp³-hybridized carbons (Fsp3) is 0.227. The molecule has 2 aromatic carbocycles. The van der Waals surface area contributed by atoms with Crippen LogP contribution in [0, 0.1) is 6.92 Å². The predicted molar refractivity (Wildman–Crippen MR) is 109 cm³/mol. The van der Waals surface area contributed by atoms with Gasteiger partial charge in [0.15, 0.2) is 0 Å². The van der Waals surface area contributed by atoms with Gasteiger partial charge in [-0.2, -0.15) is 0 Å². The molecular formula is C22H20N2O2S. The van der Waals surface area contributed by atoms with Crippen LogP contribution in [0.15, 0.2) is 48.5 Å². The maximum Gasteiger partial charge on any atom is 0.323 e. The van der Waals surface area contributed by atoms with E-state index in [2.05, 4.69) is 53.6 Å². The van der Waals surface area contributed by atoms with Gasteiger partial charge in [0, 0.05) is 32.6 Å². The van der Waals surface area contributed by atoms with Gasteiger partial charge >= 0.3 is 5.97 Å². The van der Waals surface area contributed by atoms with E-state index in [-0.39, 0.29) is 18.1 Å². The van der Waals surface area contributed by atoms with Crippen molar-refractivity contribution in [3.05, 3.63) is 70.2 Å². The van der Waals surface area contributed by atoms with Crippen LogP contribution in [0.1, 0.15) is 27.7 Å². The average Bonchev–Trinajstić information content (AvgIpc) is 3.25. The Morgan fingerprint density at radius 1 is 1.11 bits per heavy atom. The number of para-hydroxylation sites is 1. The van der Waals surface area contributed by atoms with Gasteiger partial charge in [0.2, 0.25) is 0 Å². The summed E-state index contributed by atoms with van der Waals surface area (Å²) >= 11 is 1.79. The van der Waals surface area contributed by atoms with Crippen molar-refractivity contribution in [1.29, 1.82) is 0 Å². The van der Waals surface area contributed by atoms with Crippen LogP contribution < -0.4 is 5.32 Å². The number of aryl methyl sites for hydroxylation is 1. The Balaban J connectivity index is 1.73. The van der Waals surface area contributed by atoms with E-state index in [4.69, 9.17) is 4.74 Å². The third-order valence-electron chi connectivity index (χ3n) is 5.54. The first-order valence-electron chi connectivity index (χ1n) is 9.08. The van der Waals surface area contributed by atoms with Crippen molar-refractivity contribution in [2.45, 2.75) is 25.4 Å². The smallest absolute Gasteiger partial charge is 0.323 e. The number of thiophene rings is 1. The number of aromatic nitrogens is 1. The van der Waals surface area contributed by atoms with Crippen molar-refractivity contribution in [2.75, 3.05) is 7.11 Å². The van der Waals surface area contributed by atoms with Gasteiger partial charge in [0.05, 0.1) is 13.2 Å². The third kappa shape index (κ3) is 2.50. The number of ether oxygens (including phenoxy) is 1. The molecule has 0 saturated heterocycles. The van der Waals surface area contributed by atoms with Crippen molar-refractivity contribution in [2.24, 2.45) is 0 Å². The van der Waals surface area contributed by atoms with Gasteiger partial charge in [0.25, 0.3) is 0 Å². The minimum atomic E-state index is -0.351. The molecule has 0 fully saturated rings. The molecule has 27 heavy (non-hydrogen) atoms. The number of esters is 1. The molecule has 136 valence electrons. The number of hydrogen-bond donors (Lipinski definition) is 2. The lowest BCUT2D eigenvalue weighted by Gasteiger charge is -2.30. The average molecular weight is 376 g/mol. The Morgan fingerprint density at radius 2 is 1.85 bits per heavy atom. The number of rotatable bonds is 2. The number of H-pyrrole nitrogens is 1. The molecule has 1 aliphatic rings. The molecule has 1 aliphatic heterocycles. The summed E-state index contributed by atoms with van der Waals surface area (Å²) in [6.07, 6.45) is 0.631. The Hall–Kier alpha value is -2.63. The van der Waals surface area contributed by atoms with Crippen molar-refractivity contribution in [3.8, 4) is 0 Å². The molecular weight excluding hydrogens is 356 g/mol. The highest BCUT2D eigenvalue weighted by Crippen LogP contribution is 2.41. The molecule has 0 bridgehead atoms. The zero-order valence-electron chi connectivity index (χ0n) is 15.2. The first kappa shape index (κ1) is 16.5. The number of aromatic amines is 1. The van der Waals surface area contributed by atoms with E-state index in [1.54, 1.807) is 11.3 Å². The summed E-state index contributed by atoms with van der Waals surface area (Å²) in [4.78, 5) is 17.2. The van der Waals surface area contributed by atoms with Gasteiger partial charge < -0.3 is 9.72 Å². The summed E-state index contributed by atoms with van der Waals surface area (Å²) in [6.45, 7) is 2.17. The Morgan fingerprint density at radius 3 is 2.63 bits per heavy atom. The number of benzene rings is 2. The topological polar surface area (TPSA) is 54.1 Å². The Kier molecular flexibility index (Phi) is 3.81. The van der Waals surface area contributed by atoms with Crippen molar-refractivity contribution < 1.29 is 9.53 Å². The Bertz CT molecular complexity index is 1170. The second kappa shape index (κ2) is 6.22. The standard InChI is InChI=1S/C22H20N2O2S/c1-12-13-7-4-6-10-18(13)27-21(12)20-19-15(11-17(24-20)22(25)26-2)14-8-3-5-9-16(14)23-19/h3-10,17,20,23-24H,11H2,1-2H3/t17-,20+/m1/s1. The van der Waals surface area contributed by atoms with Crippen LogP contribution in [0.5, 0.6) is 0 Å². The van der Waals surface area contributed by atoms with Gasteiger partial charge in [-0.05, 0) is 35.6 Å². The fourth-order valence-corrected chi connectivity index (χ4v) is 5.49. The molecule has 0 radical (unpaired) electrons. The highest BCUT2D eigenvalue weighted by Gasteiger charge is 2.36. The maximum atomic E-state index is 12.4. The highest BCUT2D eigenvalue weighted by atomic mass is 32.1. The SMILES string of the molecule is COC(=O)[C@H]1Cc2c([nH]c3ccccc23)[C@@H](c2sc3ccccc3c2C)N1. The van der Waals surface area contributed by atoms with Gasteiger partial charge in [-0.25, -0.2) is 0 Å². The summed E-state index contributed by atoms with van der Waals surface area (Å²) in [5.41, 5.74) is 4.74. The molecule has 0 amide bonds. The largest absolute Gasteiger partial charge is 0.468 e. The van der Waals surface area contributed by atoms with Crippen LogP contribution >= 0.6 is 11.3 Å². The summed E-state index contributed by atoms with van der Waals surface area (Å²) in [5.74, 6) is -0.213. The number of fused-ring (bicyclic) bond motifs is 4. The van der Waals surface area contributed by atoms with E-state index < -0.39 is 0 Å². The third-order valence-corrected chi connectivity index (χ3v) is 6.88. The first-order valence-corrected chi connectivity index (χ1v) is 9.90. The van der Waals surface area contributed by atoms with Crippen molar-refractivity contribution >= 4 is 38.3 Å². The van der Waals surface area contributed by atoms with Crippen LogP contribution in [-0.4, -0.2) is 24.1 Å². The molecule has 0 saturated carbocycles. The van der Waals surface area contributed by atoms with Crippen molar-refractivity contribution in [1.82, 2.24) is 10.3 Å². The molecule has 0 spiro atoms. The van der Waals surface area contributed by atoms with Crippen LogP contribution in [-0.2, 0) is 16.0 Å². The molecule has 2 atom stereocenters. The monoisotopic (exact) mass is 376 g/mol. The van der Waals surface area contributed by atoms with Gasteiger partial charge in [-0.15, -0.1) is 11.3 Å². The highest BCUT2D eigenvalue weighted by molar-refractivity contribution is 7.19. The second-order valence-electron chi connectivity index (χ2n) is 7.03. The number of carbonyl (C=O) groups excluding carboxylic acids is 1. The van der Waals surface area contributed by atoms with Gasteiger partial charge in [0.1, 0.15) is 6.04 Å². The molecule has 4 aromatic rings. The molecule has 2 N–H and O–H groups in total. The molecule has 0 aliphatic carbocycles. The van der Waals surface area contributed by atoms with Crippen LogP contribution in [0.25, 0.3) is 21.0 Å². The van der Waals surface area contributed by atoms with Crippen molar-refractivity contribution in [3.63, 3.8) is 0 Å². The molecule has 5 heteroatoms. The molecule has 4 nitrogen and oxygen atoms in total. The minimum absolute atomic E-state index is 0.0531. The lowest BCUT2D eigenvalue weighted by molar-refractivity contribution is -0.143. The summed E-state index contributed by atoms with van der Waals surface area (Å²) < 4.78 is 6.33. The van der Waals surface area contributed by atoms with E-state index in [1.807, 2.05) is 12.1 Å². The fourth-order valence-electron chi connectivity index (χ4n) is 4.20. The maximum absolute atomic E-state index is 12.4. The number of nitrogens with one attached hydrogen (secondary N) is 2. The summed E-state index contributed by atoms with van der Waals surface area (Å²) in [7, 11) is 1.45. The first-order chi connectivity index (χ1) is 13.2. The number of carbonyl (C=O) groups is 1. The Labute approximate surface area is 161 Å².